The van der Waals surface area contributed by atoms with Crippen LogP contribution in [0, 0.1) is 0 Å². The highest BCUT2D eigenvalue weighted by atomic mass is 32.1. The van der Waals surface area contributed by atoms with Crippen molar-refractivity contribution in [2.24, 2.45) is 0 Å². The van der Waals surface area contributed by atoms with Crippen molar-refractivity contribution in [1.29, 1.82) is 0 Å². The molecule has 1 fully saturated rings. The zero-order valence-electron chi connectivity index (χ0n) is 10.9. The molecule has 0 amide bonds. The number of nitrogens with zero attached hydrogens (tertiary/aromatic N) is 2. The van der Waals surface area contributed by atoms with Gasteiger partial charge in [-0.15, -0.1) is 0 Å². The number of rotatable bonds is 5. The minimum Gasteiger partial charge on any atom is -0.395 e. The largest absolute Gasteiger partial charge is 0.395 e. The number of anilines is 1. The summed E-state index contributed by atoms with van der Waals surface area (Å²) in [5, 5.41) is 15.2. The van der Waals surface area contributed by atoms with Crippen molar-refractivity contribution in [2.45, 2.75) is 18.9 Å². The van der Waals surface area contributed by atoms with Crippen LogP contribution in [0.4, 0.5) is 5.00 Å². The number of hydrogen-bond donors (Lipinski definition) is 2. The maximum Gasteiger partial charge on any atom is 0.120 e. The highest BCUT2D eigenvalue weighted by Gasteiger charge is 2.20. The van der Waals surface area contributed by atoms with Gasteiger partial charge in [0.2, 0.25) is 0 Å². The summed E-state index contributed by atoms with van der Waals surface area (Å²) in [4.78, 5) is 2.27. The third-order valence-corrected chi connectivity index (χ3v) is 4.56. The fraction of sp³-hybridized carbons (Fsp3) is 0.500. The summed E-state index contributed by atoms with van der Waals surface area (Å²) in [5.41, 5.74) is 1.05. The number of hydrogen-bond acceptors (Lipinski definition) is 5. The number of aliphatic hydroxyl groups excluding tert-OH is 1. The Hall–Kier alpha value is -1.17. The van der Waals surface area contributed by atoms with E-state index < -0.39 is 0 Å². The normalized spacial score (nSPS) is 19.1. The number of nitrogens with one attached hydrogen (secondary N) is 1. The summed E-state index contributed by atoms with van der Waals surface area (Å²) in [6, 6.07) is 8.75. The molecule has 0 saturated carbocycles. The first-order valence-electron chi connectivity index (χ1n) is 6.82. The van der Waals surface area contributed by atoms with E-state index >= 15 is 0 Å². The first-order chi connectivity index (χ1) is 9.38. The summed E-state index contributed by atoms with van der Waals surface area (Å²) in [7, 11) is 0. The lowest BCUT2D eigenvalue weighted by Gasteiger charge is -2.25. The van der Waals surface area contributed by atoms with E-state index in [9.17, 15) is 5.11 Å². The van der Waals surface area contributed by atoms with Crippen molar-refractivity contribution in [1.82, 2.24) is 9.69 Å². The standard InChI is InChI=1S/C14H19N3OS/c18-9-8-17(10-11-4-3-7-15-11)14-12-5-1-2-6-13(12)16-19-14/h1-2,5-6,11,15,18H,3-4,7-10H2. The van der Waals surface area contributed by atoms with Gasteiger partial charge in [0.1, 0.15) is 5.00 Å². The minimum absolute atomic E-state index is 0.180. The second-order valence-electron chi connectivity index (χ2n) is 4.97. The molecule has 2 N–H and O–H groups in total. The molecule has 2 aromatic rings. The van der Waals surface area contributed by atoms with Crippen molar-refractivity contribution >= 4 is 27.4 Å². The summed E-state index contributed by atoms with van der Waals surface area (Å²) in [5.74, 6) is 0. The molecule has 3 rings (SSSR count). The Balaban J connectivity index is 1.85. The van der Waals surface area contributed by atoms with Crippen molar-refractivity contribution in [3.8, 4) is 0 Å². The van der Waals surface area contributed by atoms with Gasteiger partial charge < -0.3 is 15.3 Å². The van der Waals surface area contributed by atoms with Gasteiger partial charge in [0.05, 0.1) is 12.1 Å². The Morgan fingerprint density at radius 3 is 3.11 bits per heavy atom. The second-order valence-corrected chi connectivity index (χ2v) is 5.72. The van der Waals surface area contributed by atoms with Crippen molar-refractivity contribution in [3.63, 3.8) is 0 Å². The smallest absolute Gasteiger partial charge is 0.120 e. The third-order valence-electron chi connectivity index (χ3n) is 3.63. The molecule has 0 spiro atoms. The predicted molar refractivity (Wildman–Crippen MR) is 79.9 cm³/mol. The van der Waals surface area contributed by atoms with E-state index in [-0.39, 0.29) is 6.61 Å². The third kappa shape index (κ3) is 2.73. The van der Waals surface area contributed by atoms with Gasteiger partial charge in [-0.2, -0.15) is 4.37 Å². The van der Waals surface area contributed by atoms with Crippen LogP contribution in [0.15, 0.2) is 24.3 Å². The fourth-order valence-corrected chi connectivity index (χ4v) is 3.58. The van der Waals surface area contributed by atoms with E-state index in [0.29, 0.717) is 12.6 Å². The van der Waals surface area contributed by atoms with E-state index in [0.717, 1.165) is 18.6 Å². The van der Waals surface area contributed by atoms with Crippen molar-refractivity contribution < 1.29 is 5.11 Å². The van der Waals surface area contributed by atoms with Crippen LogP contribution in [-0.2, 0) is 0 Å². The van der Waals surface area contributed by atoms with Gasteiger partial charge in [-0.25, -0.2) is 0 Å². The number of benzene rings is 1. The van der Waals surface area contributed by atoms with Crippen LogP contribution in [-0.4, -0.2) is 41.8 Å². The second kappa shape index (κ2) is 5.86. The van der Waals surface area contributed by atoms with Crippen LogP contribution in [0.5, 0.6) is 0 Å². The Bertz CT molecular complexity index is 536. The van der Waals surface area contributed by atoms with Crippen LogP contribution < -0.4 is 10.2 Å². The van der Waals surface area contributed by atoms with E-state index in [1.54, 1.807) is 0 Å². The fourth-order valence-electron chi connectivity index (χ4n) is 2.68. The lowest BCUT2D eigenvalue weighted by atomic mass is 10.2. The Morgan fingerprint density at radius 1 is 1.42 bits per heavy atom. The number of aromatic nitrogens is 1. The van der Waals surface area contributed by atoms with Gasteiger partial charge >= 0.3 is 0 Å². The first-order valence-corrected chi connectivity index (χ1v) is 7.59. The molecule has 0 aliphatic carbocycles. The topological polar surface area (TPSA) is 48.4 Å². The average molecular weight is 277 g/mol. The molecule has 5 heteroatoms. The van der Waals surface area contributed by atoms with Gasteiger partial charge in [-0.05, 0) is 43.1 Å². The molecule has 1 aliphatic heterocycles. The SMILES string of the molecule is OCCN(CC1CCCN1)c1snc2ccccc12. The van der Waals surface area contributed by atoms with Crippen LogP contribution in [0.1, 0.15) is 12.8 Å². The molecule has 19 heavy (non-hydrogen) atoms. The Morgan fingerprint density at radius 2 is 2.32 bits per heavy atom. The molecular formula is C14H19N3OS. The zero-order chi connectivity index (χ0) is 13.1. The summed E-state index contributed by atoms with van der Waals surface area (Å²) < 4.78 is 4.49. The Labute approximate surface area is 117 Å². The highest BCUT2D eigenvalue weighted by Crippen LogP contribution is 2.31. The molecule has 1 unspecified atom stereocenters. The highest BCUT2D eigenvalue weighted by molar-refractivity contribution is 7.11. The zero-order valence-corrected chi connectivity index (χ0v) is 11.7. The lowest BCUT2D eigenvalue weighted by Crippen LogP contribution is -2.38. The maximum atomic E-state index is 9.30. The number of fused-ring (bicyclic) bond motifs is 1. The predicted octanol–water partition coefficient (Wildman–Crippen LogP) is 1.85. The van der Waals surface area contributed by atoms with E-state index in [2.05, 4.69) is 20.7 Å². The molecule has 1 saturated heterocycles. The molecule has 0 bridgehead atoms. The maximum absolute atomic E-state index is 9.30. The molecule has 1 atom stereocenters. The molecule has 1 aliphatic rings. The minimum atomic E-state index is 0.180. The average Bonchev–Trinajstić information content (AvgIpc) is 3.07. The molecular weight excluding hydrogens is 258 g/mol. The van der Waals surface area contributed by atoms with Crippen LogP contribution in [0.25, 0.3) is 10.9 Å². The molecule has 1 aromatic carbocycles. The molecule has 102 valence electrons. The van der Waals surface area contributed by atoms with E-state index in [1.807, 2.05) is 18.2 Å². The van der Waals surface area contributed by atoms with Crippen LogP contribution in [0.3, 0.4) is 0 Å². The Kier molecular flexibility index (Phi) is 3.96. The van der Waals surface area contributed by atoms with Gasteiger partial charge in [-0.3, -0.25) is 0 Å². The quantitative estimate of drug-likeness (QED) is 0.875. The summed E-state index contributed by atoms with van der Waals surface area (Å²) >= 11 is 1.53. The van der Waals surface area contributed by atoms with Crippen molar-refractivity contribution in [3.05, 3.63) is 24.3 Å². The van der Waals surface area contributed by atoms with Crippen LogP contribution >= 0.6 is 11.5 Å². The summed E-state index contributed by atoms with van der Waals surface area (Å²) in [6.45, 7) is 2.91. The number of aliphatic hydroxyl groups is 1. The first kappa shape index (κ1) is 12.8. The van der Waals surface area contributed by atoms with E-state index in [4.69, 9.17) is 0 Å². The molecule has 4 nitrogen and oxygen atoms in total. The molecule has 1 aromatic heterocycles. The van der Waals surface area contributed by atoms with Gasteiger partial charge in [-0.1, -0.05) is 12.1 Å². The lowest BCUT2D eigenvalue weighted by molar-refractivity contribution is 0.301. The van der Waals surface area contributed by atoms with Gasteiger partial charge in [0.25, 0.3) is 0 Å². The van der Waals surface area contributed by atoms with E-state index in [1.165, 1.54) is 34.8 Å². The van der Waals surface area contributed by atoms with Gasteiger partial charge in [0.15, 0.2) is 0 Å². The van der Waals surface area contributed by atoms with Crippen molar-refractivity contribution in [2.75, 3.05) is 31.1 Å². The van der Waals surface area contributed by atoms with Crippen LogP contribution in [0.2, 0.25) is 0 Å². The molecule has 0 radical (unpaired) electrons. The summed E-state index contributed by atoms with van der Waals surface area (Å²) in [6.07, 6.45) is 2.47. The van der Waals surface area contributed by atoms with Gasteiger partial charge in [0, 0.05) is 24.5 Å². The molecule has 2 heterocycles. The monoisotopic (exact) mass is 277 g/mol.